The molecule has 1 heterocycles. The van der Waals surface area contributed by atoms with Crippen LogP contribution in [0.15, 0.2) is 59.0 Å². The van der Waals surface area contributed by atoms with E-state index in [1.165, 1.54) is 0 Å². The van der Waals surface area contributed by atoms with Crippen LogP contribution in [-0.4, -0.2) is 14.2 Å². The van der Waals surface area contributed by atoms with Crippen molar-refractivity contribution < 1.29 is 13.9 Å². The van der Waals surface area contributed by atoms with E-state index < -0.39 is 0 Å². The third kappa shape index (κ3) is 2.82. The summed E-state index contributed by atoms with van der Waals surface area (Å²) in [5.74, 6) is 3.36. The van der Waals surface area contributed by atoms with E-state index in [-0.39, 0.29) is 0 Å². The predicted octanol–water partition coefficient (Wildman–Crippen LogP) is 5.19. The van der Waals surface area contributed by atoms with Gasteiger partial charge in [-0.1, -0.05) is 37.3 Å². The standard InChI is InChI=1S/C20H20O3/c1-4-14-13-17(15-9-5-7-11-18(15)21-2)20(23-14)16-10-6-8-12-19(16)22-3/h5-13H,4H2,1-3H3. The molecule has 23 heavy (non-hydrogen) atoms. The van der Waals surface area contributed by atoms with Gasteiger partial charge in [-0.15, -0.1) is 0 Å². The quantitative estimate of drug-likeness (QED) is 0.649. The van der Waals surface area contributed by atoms with Gasteiger partial charge in [0.15, 0.2) is 0 Å². The van der Waals surface area contributed by atoms with Crippen LogP contribution in [0.4, 0.5) is 0 Å². The summed E-state index contributed by atoms with van der Waals surface area (Å²) in [5, 5.41) is 0. The molecule has 3 aromatic rings. The van der Waals surface area contributed by atoms with E-state index in [1.807, 2.05) is 48.5 Å². The fourth-order valence-electron chi connectivity index (χ4n) is 2.72. The van der Waals surface area contributed by atoms with Gasteiger partial charge in [0.2, 0.25) is 0 Å². The molecule has 0 aliphatic carbocycles. The predicted molar refractivity (Wildman–Crippen MR) is 92.1 cm³/mol. The molecule has 0 atom stereocenters. The topological polar surface area (TPSA) is 31.6 Å². The monoisotopic (exact) mass is 308 g/mol. The highest BCUT2D eigenvalue weighted by molar-refractivity contribution is 5.85. The first-order chi connectivity index (χ1) is 11.3. The molecule has 0 bridgehead atoms. The van der Waals surface area contributed by atoms with Crippen molar-refractivity contribution in [3.05, 3.63) is 60.4 Å². The van der Waals surface area contributed by atoms with Gasteiger partial charge in [0, 0.05) is 17.5 Å². The molecule has 3 heteroatoms. The largest absolute Gasteiger partial charge is 0.496 e. The molecule has 0 N–H and O–H groups in total. The van der Waals surface area contributed by atoms with E-state index in [9.17, 15) is 0 Å². The Kier molecular flexibility index (Phi) is 4.38. The van der Waals surface area contributed by atoms with Gasteiger partial charge in [0.25, 0.3) is 0 Å². The Morgan fingerprint density at radius 1 is 0.783 bits per heavy atom. The lowest BCUT2D eigenvalue weighted by molar-refractivity contribution is 0.413. The van der Waals surface area contributed by atoms with Gasteiger partial charge in [-0.25, -0.2) is 0 Å². The van der Waals surface area contributed by atoms with Gasteiger partial charge in [-0.2, -0.15) is 0 Å². The third-order valence-electron chi connectivity index (χ3n) is 3.88. The van der Waals surface area contributed by atoms with Crippen LogP contribution in [0.3, 0.4) is 0 Å². The normalized spacial score (nSPS) is 10.6. The maximum absolute atomic E-state index is 6.11. The average molecular weight is 308 g/mol. The number of benzene rings is 2. The van der Waals surface area contributed by atoms with E-state index in [2.05, 4.69) is 13.0 Å². The van der Waals surface area contributed by atoms with Crippen molar-refractivity contribution in [1.82, 2.24) is 0 Å². The first-order valence-electron chi connectivity index (χ1n) is 7.68. The molecule has 2 aromatic carbocycles. The lowest BCUT2D eigenvalue weighted by Gasteiger charge is -2.10. The number of hydrogen-bond acceptors (Lipinski definition) is 3. The van der Waals surface area contributed by atoms with Crippen molar-refractivity contribution in [2.24, 2.45) is 0 Å². The smallest absolute Gasteiger partial charge is 0.145 e. The van der Waals surface area contributed by atoms with Gasteiger partial charge in [-0.3, -0.25) is 0 Å². The van der Waals surface area contributed by atoms with Gasteiger partial charge in [-0.05, 0) is 24.3 Å². The SMILES string of the molecule is CCc1cc(-c2ccccc2OC)c(-c2ccccc2OC)o1. The Balaban J connectivity index is 2.24. The van der Waals surface area contributed by atoms with E-state index in [0.29, 0.717) is 0 Å². The molecule has 3 rings (SSSR count). The summed E-state index contributed by atoms with van der Waals surface area (Å²) < 4.78 is 17.1. The fraction of sp³-hybridized carbons (Fsp3) is 0.200. The van der Waals surface area contributed by atoms with Crippen LogP contribution in [0.2, 0.25) is 0 Å². The number of hydrogen-bond donors (Lipinski definition) is 0. The lowest BCUT2D eigenvalue weighted by Crippen LogP contribution is -1.90. The molecule has 0 spiro atoms. The molecule has 0 aliphatic heterocycles. The molecule has 0 aliphatic rings. The Hall–Kier alpha value is -2.68. The van der Waals surface area contributed by atoms with E-state index in [1.54, 1.807) is 14.2 Å². The Morgan fingerprint density at radius 2 is 1.35 bits per heavy atom. The third-order valence-corrected chi connectivity index (χ3v) is 3.88. The Morgan fingerprint density at radius 3 is 1.96 bits per heavy atom. The molecule has 0 unspecified atom stereocenters. The Bertz CT molecular complexity index is 737. The van der Waals surface area contributed by atoms with E-state index in [4.69, 9.17) is 13.9 Å². The zero-order chi connectivity index (χ0) is 16.2. The number of ether oxygens (including phenoxy) is 2. The molecule has 0 saturated carbocycles. The highest BCUT2D eigenvalue weighted by atomic mass is 16.5. The van der Waals surface area contributed by atoms with Crippen LogP contribution in [0, 0.1) is 0 Å². The summed E-state index contributed by atoms with van der Waals surface area (Å²) in [6.45, 7) is 2.08. The van der Waals surface area contributed by atoms with Crippen molar-refractivity contribution in [2.45, 2.75) is 13.3 Å². The Labute approximate surface area is 136 Å². The van der Waals surface area contributed by atoms with Crippen LogP contribution in [0.1, 0.15) is 12.7 Å². The van der Waals surface area contributed by atoms with Crippen LogP contribution < -0.4 is 9.47 Å². The van der Waals surface area contributed by atoms with Crippen molar-refractivity contribution in [1.29, 1.82) is 0 Å². The summed E-state index contributed by atoms with van der Waals surface area (Å²) in [5.41, 5.74) is 2.97. The lowest BCUT2D eigenvalue weighted by atomic mass is 10.0. The molecule has 0 amide bonds. The van der Waals surface area contributed by atoms with Crippen molar-refractivity contribution in [3.63, 3.8) is 0 Å². The van der Waals surface area contributed by atoms with Crippen LogP contribution in [0.25, 0.3) is 22.5 Å². The summed E-state index contributed by atoms with van der Waals surface area (Å²) in [7, 11) is 3.35. The average Bonchev–Trinajstić information content (AvgIpc) is 3.05. The van der Waals surface area contributed by atoms with Gasteiger partial charge in [0.05, 0.1) is 19.8 Å². The minimum absolute atomic E-state index is 0.792. The van der Waals surface area contributed by atoms with Crippen molar-refractivity contribution in [3.8, 4) is 33.9 Å². The first kappa shape index (κ1) is 15.2. The second kappa shape index (κ2) is 6.61. The van der Waals surface area contributed by atoms with Crippen molar-refractivity contribution in [2.75, 3.05) is 14.2 Å². The summed E-state index contributed by atoms with van der Waals surface area (Å²) in [6.07, 6.45) is 0.831. The van der Waals surface area contributed by atoms with Crippen LogP contribution in [0.5, 0.6) is 11.5 Å². The maximum Gasteiger partial charge on any atom is 0.145 e. The van der Waals surface area contributed by atoms with Crippen LogP contribution >= 0.6 is 0 Å². The second-order valence-corrected chi connectivity index (χ2v) is 5.21. The molecule has 3 nitrogen and oxygen atoms in total. The number of aryl methyl sites for hydroxylation is 1. The molecule has 0 fully saturated rings. The summed E-state index contributed by atoms with van der Waals surface area (Å²) in [6, 6.07) is 17.9. The second-order valence-electron chi connectivity index (χ2n) is 5.21. The minimum atomic E-state index is 0.792. The first-order valence-corrected chi connectivity index (χ1v) is 7.68. The molecule has 0 radical (unpaired) electrons. The zero-order valence-electron chi connectivity index (χ0n) is 13.6. The number of furan rings is 1. The molecule has 1 aromatic heterocycles. The maximum atomic E-state index is 6.11. The number of rotatable bonds is 5. The highest BCUT2D eigenvalue weighted by Gasteiger charge is 2.19. The van der Waals surface area contributed by atoms with Gasteiger partial charge < -0.3 is 13.9 Å². The van der Waals surface area contributed by atoms with E-state index >= 15 is 0 Å². The molecule has 0 saturated heterocycles. The van der Waals surface area contributed by atoms with Gasteiger partial charge >= 0.3 is 0 Å². The van der Waals surface area contributed by atoms with Crippen molar-refractivity contribution >= 4 is 0 Å². The summed E-state index contributed by atoms with van der Waals surface area (Å²) >= 11 is 0. The molecular weight excluding hydrogens is 288 g/mol. The highest BCUT2D eigenvalue weighted by Crippen LogP contribution is 2.42. The summed E-state index contributed by atoms with van der Waals surface area (Å²) in [4.78, 5) is 0. The molecule has 118 valence electrons. The fourth-order valence-corrected chi connectivity index (χ4v) is 2.72. The minimum Gasteiger partial charge on any atom is -0.496 e. The van der Waals surface area contributed by atoms with Gasteiger partial charge in [0.1, 0.15) is 23.0 Å². The van der Waals surface area contributed by atoms with E-state index in [0.717, 1.165) is 46.1 Å². The zero-order valence-corrected chi connectivity index (χ0v) is 13.6. The number of para-hydroxylation sites is 2. The number of methoxy groups -OCH3 is 2. The molecular formula is C20H20O3. The van der Waals surface area contributed by atoms with Crippen LogP contribution in [-0.2, 0) is 6.42 Å².